The van der Waals surface area contributed by atoms with Crippen LogP contribution in [0.15, 0.2) is 12.1 Å². The number of aromatic nitrogens is 4. The van der Waals surface area contributed by atoms with Crippen LogP contribution in [0.2, 0.25) is 0 Å². The SMILES string of the molecule is CCCc1nc(C)cc(N2CCC(N3CC(n4nc(C)cc4C)C3)CC2)n1. The van der Waals surface area contributed by atoms with Crippen molar-refractivity contribution in [3.63, 3.8) is 0 Å². The molecule has 2 aromatic rings. The first-order valence-corrected chi connectivity index (χ1v) is 10.4. The average molecular weight is 369 g/mol. The molecule has 0 aliphatic carbocycles. The van der Waals surface area contributed by atoms with E-state index in [0.717, 1.165) is 62.1 Å². The Morgan fingerprint density at radius 3 is 2.33 bits per heavy atom. The van der Waals surface area contributed by atoms with Gasteiger partial charge in [0.1, 0.15) is 11.6 Å². The van der Waals surface area contributed by atoms with Gasteiger partial charge in [-0.3, -0.25) is 9.58 Å². The molecule has 27 heavy (non-hydrogen) atoms. The van der Waals surface area contributed by atoms with E-state index in [1.807, 2.05) is 0 Å². The van der Waals surface area contributed by atoms with Crippen molar-refractivity contribution in [1.82, 2.24) is 24.6 Å². The first-order valence-electron chi connectivity index (χ1n) is 10.4. The minimum Gasteiger partial charge on any atom is -0.356 e. The molecule has 0 amide bonds. The van der Waals surface area contributed by atoms with Crippen LogP contribution in [0.4, 0.5) is 5.82 Å². The molecule has 0 spiro atoms. The molecule has 0 atom stereocenters. The van der Waals surface area contributed by atoms with Crippen molar-refractivity contribution in [3.8, 4) is 0 Å². The van der Waals surface area contributed by atoms with Gasteiger partial charge in [-0.1, -0.05) is 6.92 Å². The van der Waals surface area contributed by atoms with E-state index < -0.39 is 0 Å². The van der Waals surface area contributed by atoms with E-state index in [1.54, 1.807) is 0 Å². The molecule has 2 saturated heterocycles. The third-order valence-electron chi connectivity index (χ3n) is 5.95. The van der Waals surface area contributed by atoms with Crippen LogP contribution in [0, 0.1) is 20.8 Å². The van der Waals surface area contributed by atoms with Gasteiger partial charge in [-0.2, -0.15) is 5.10 Å². The van der Waals surface area contributed by atoms with Crippen molar-refractivity contribution in [2.45, 2.75) is 65.5 Å². The Morgan fingerprint density at radius 2 is 1.70 bits per heavy atom. The van der Waals surface area contributed by atoms with Gasteiger partial charge in [-0.25, -0.2) is 9.97 Å². The number of likely N-dealkylation sites (tertiary alicyclic amines) is 1. The van der Waals surface area contributed by atoms with Crippen LogP contribution < -0.4 is 4.90 Å². The molecule has 2 aliphatic rings. The highest BCUT2D eigenvalue weighted by Crippen LogP contribution is 2.30. The topological polar surface area (TPSA) is 50.1 Å². The quantitative estimate of drug-likeness (QED) is 0.812. The average Bonchev–Trinajstić information content (AvgIpc) is 2.92. The van der Waals surface area contributed by atoms with Gasteiger partial charge < -0.3 is 4.90 Å². The molecule has 4 heterocycles. The van der Waals surface area contributed by atoms with Crippen molar-refractivity contribution in [1.29, 1.82) is 0 Å². The van der Waals surface area contributed by atoms with Gasteiger partial charge in [0.15, 0.2) is 0 Å². The number of anilines is 1. The summed E-state index contributed by atoms with van der Waals surface area (Å²) in [5.41, 5.74) is 3.50. The van der Waals surface area contributed by atoms with Gasteiger partial charge in [0.05, 0.1) is 11.7 Å². The number of piperidine rings is 1. The number of hydrogen-bond donors (Lipinski definition) is 0. The van der Waals surface area contributed by atoms with Gasteiger partial charge in [0, 0.05) is 56.1 Å². The van der Waals surface area contributed by atoms with E-state index >= 15 is 0 Å². The van der Waals surface area contributed by atoms with Gasteiger partial charge in [-0.05, 0) is 46.1 Å². The smallest absolute Gasteiger partial charge is 0.132 e. The fourth-order valence-electron chi connectivity index (χ4n) is 4.53. The molecule has 0 N–H and O–H groups in total. The highest BCUT2D eigenvalue weighted by atomic mass is 15.4. The molecule has 0 radical (unpaired) electrons. The second-order valence-electron chi connectivity index (χ2n) is 8.23. The maximum Gasteiger partial charge on any atom is 0.132 e. The molecule has 0 unspecified atom stereocenters. The lowest BCUT2D eigenvalue weighted by Crippen LogP contribution is -2.56. The molecule has 2 fully saturated rings. The fourth-order valence-corrected chi connectivity index (χ4v) is 4.53. The molecule has 6 heteroatoms. The van der Waals surface area contributed by atoms with Crippen LogP contribution in [-0.4, -0.2) is 56.9 Å². The van der Waals surface area contributed by atoms with Gasteiger partial charge in [0.2, 0.25) is 0 Å². The summed E-state index contributed by atoms with van der Waals surface area (Å²) < 4.78 is 2.22. The molecule has 0 saturated carbocycles. The van der Waals surface area contributed by atoms with Gasteiger partial charge in [0.25, 0.3) is 0 Å². The summed E-state index contributed by atoms with van der Waals surface area (Å²) in [5.74, 6) is 2.11. The molecule has 6 nitrogen and oxygen atoms in total. The van der Waals surface area contributed by atoms with Crippen LogP contribution in [0.25, 0.3) is 0 Å². The van der Waals surface area contributed by atoms with Crippen LogP contribution in [0.5, 0.6) is 0 Å². The second kappa shape index (κ2) is 7.58. The van der Waals surface area contributed by atoms with Crippen molar-refractivity contribution in [3.05, 3.63) is 35.0 Å². The van der Waals surface area contributed by atoms with Crippen LogP contribution in [0.1, 0.15) is 55.1 Å². The van der Waals surface area contributed by atoms with Crippen molar-refractivity contribution < 1.29 is 0 Å². The maximum absolute atomic E-state index is 4.80. The maximum atomic E-state index is 4.80. The van der Waals surface area contributed by atoms with E-state index in [-0.39, 0.29) is 0 Å². The lowest BCUT2D eigenvalue weighted by Gasteiger charge is -2.47. The Balaban J connectivity index is 1.32. The van der Waals surface area contributed by atoms with Crippen molar-refractivity contribution in [2.75, 3.05) is 31.1 Å². The normalized spacial score (nSPS) is 19.5. The van der Waals surface area contributed by atoms with Gasteiger partial charge >= 0.3 is 0 Å². The number of nitrogens with zero attached hydrogens (tertiary/aromatic N) is 6. The van der Waals surface area contributed by atoms with E-state index in [9.17, 15) is 0 Å². The highest BCUT2D eigenvalue weighted by molar-refractivity contribution is 5.40. The minimum absolute atomic E-state index is 0.554. The molecule has 4 rings (SSSR count). The van der Waals surface area contributed by atoms with Crippen LogP contribution in [-0.2, 0) is 6.42 Å². The molecule has 2 aliphatic heterocycles. The zero-order chi connectivity index (χ0) is 19.0. The molecule has 0 bridgehead atoms. The number of rotatable bonds is 5. The zero-order valence-electron chi connectivity index (χ0n) is 17.1. The summed E-state index contributed by atoms with van der Waals surface area (Å²) in [4.78, 5) is 14.5. The predicted molar refractivity (Wildman–Crippen MR) is 108 cm³/mol. The predicted octanol–water partition coefficient (Wildman–Crippen LogP) is 3.08. The largest absolute Gasteiger partial charge is 0.356 e. The first-order chi connectivity index (χ1) is 13.0. The highest BCUT2D eigenvalue weighted by Gasteiger charge is 2.36. The summed E-state index contributed by atoms with van der Waals surface area (Å²) >= 11 is 0. The third-order valence-corrected chi connectivity index (χ3v) is 5.95. The molecule has 0 aromatic carbocycles. The van der Waals surface area contributed by atoms with Crippen molar-refractivity contribution in [2.24, 2.45) is 0 Å². The Bertz CT molecular complexity index is 784. The van der Waals surface area contributed by atoms with Crippen LogP contribution >= 0.6 is 0 Å². The summed E-state index contributed by atoms with van der Waals surface area (Å²) in [6.45, 7) is 13.0. The zero-order valence-corrected chi connectivity index (χ0v) is 17.1. The summed E-state index contributed by atoms with van der Waals surface area (Å²) in [5, 5.41) is 4.66. The van der Waals surface area contributed by atoms with Crippen LogP contribution in [0.3, 0.4) is 0 Å². The lowest BCUT2D eigenvalue weighted by atomic mass is 9.97. The number of aryl methyl sites for hydroxylation is 4. The fraction of sp³-hybridized carbons (Fsp3) is 0.667. The van der Waals surface area contributed by atoms with E-state index in [0.29, 0.717) is 12.1 Å². The Kier molecular flexibility index (Phi) is 5.17. The van der Waals surface area contributed by atoms with E-state index in [2.05, 4.69) is 64.4 Å². The summed E-state index contributed by atoms with van der Waals surface area (Å²) in [7, 11) is 0. The summed E-state index contributed by atoms with van der Waals surface area (Å²) in [6, 6.07) is 5.57. The number of hydrogen-bond acceptors (Lipinski definition) is 5. The Labute approximate surface area is 162 Å². The second-order valence-corrected chi connectivity index (χ2v) is 8.23. The molecule has 146 valence electrons. The minimum atomic E-state index is 0.554. The molecular formula is C21H32N6. The van der Waals surface area contributed by atoms with E-state index in [1.165, 1.54) is 18.5 Å². The van der Waals surface area contributed by atoms with Crippen molar-refractivity contribution >= 4 is 5.82 Å². The standard InChI is InChI=1S/C21H32N6/c1-5-6-20-22-15(2)12-21(23-20)25-9-7-18(8-10-25)26-13-19(14-26)27-17(4)11-16(3)24-27/h11-12,18-19H,5-10,13-14H2,1-4H3. The monoisotopic (exact) mass is 368 g/mol. The Morgan fingerprint density at radius 1 is 0.963 bits per heavy atom. The van der Waals surface area contributed by atoms with Gasteiger partial charge in [-0.15, -0.1) is 0 Å². The molecule has 2 aromatic heterocycles. The third kappa shape index (κ3) is 3.86. The molecular weight excluding hydrogens is 336 g/mol. The first kappa shape index (κ1) is 18.4. The Hall–Kier alpha value is -1.95. The summed E-state index contributed by atoms with van der Waals surface area (Å²) in [6.07, 6.45) is 4.50. The van der Waals surface area contributed by atoms with E-state index in [4.69, 9.17) is 4.98 Å². The lowest BCUT2D eigenvalue weighted by molar-refractivity contribution is 0.0406.